The lowest BCUT2D eigenvalue weighted by Gasteiger charge is -2.35. The summed E-state index contributed by atoms with van der Waals surface area (Å²) in [5.41, 5.74) is 6.43. The van der Waals surface area contributed by atoms with Crippen LogP contribution in [0.3, 0.4) is 0 Å². The maximum Gasteiger partial charge on any atom is 0.340 e. The Labute approximate surface area is 101 Å². The Kier molecular flexibility index (Phi) is 3.17. The molecule has 1 aliphatic carbocycles. The minimum atomic E-state index is -0.423. The number of ether oxygens (including phenoxy) is 1. The minimum absolute atomic E-state index is 0.350. The first-order valence-corrected chi connectivity index (χ1v) is 5.70. The van der Waals surface area contributed by atoms with Gasteiger partial charge in [-0.1, -0.05) is 0 Å². The number of hydrogen-bond donors (Lipinski definition) is 1. The van der Waals surface area contributed by atoms with E-state index < -0.39 is 5.97 Å². The topological polar surface area (TPSA) is 68.5 Å². The summed E-state index contributed by atoms with van der Waals surface area (Å²) in [5.74, 6) is 0.345. The number of nitrogens with two attached hydrogens (primary N) is 1. The summed E-state index contributed by atoms with van der Waals surface area (Å²) >= 11 is 0. The van der Waals surface area contributed by atoms with Gasteiger partial charge in [0.1, 0.15) is 5.82 Å². The molecule has 1 aromatic heterocycles. The largest absolute Gasteiger partial charge is 0.465 e. The Morgan fingerprint density at radius 1 is 1.59 bits per heavy atom. The van der Waals surface area contributed by atoms with Gasteiger partial charge in [-0.15, -0.1) is 0 Å². The van der Waals surface area contributed by atoms with E-state index in [9.17, 15) is 4.79 Å². The highest BCUT2D eigenvalue weighted by molar-refractivity contribution is 5.95. The molecular weight excluding hydrogens is 218 g/mol. The van der Waals surface area contributed by atoms with Crippen LogP contribution in [-0.4, -0.2) is 31.2 Å². The highest BCUT2D eigenvalue weighted by atomic mass is 16.5. The molecule has 5 heteroatoms. The molecule has 17 heavy (non-hydrogen) atoms. The number of nitrogen functional groups attached to an aromatic ring is 1. The fraction of sp³-hybridized carbons (Fsp3) is 0.500. The van der Waals surface area contributed by atoms with Gasteiger partial charge in [0.05, 0.1) is 24.6 Å². The second kappa shape index (κ2) is 4.61. The first kappa shape index (κ1) is 11.7. The number of methoxy groups -OCH3 is 1. The number of aromatic nitrogens is 1. The molecule has 2 rings (SSSR count). The van der Waals surface area contributed by atoms with E-state index in [1.807, 2.05) is 7.05 Å². The molecule has 1 saturated carbocycles. The smallest absolute Gasteiger partial charge is 0.340 e. The summed E-state index contributed by atoms with van der Waals surface area (Å²) in [6.07, 6.45) is 5.12. The molecule has 0 spiro atoms. The van der Waals surface area contributed by atoms with Crippen molar-refractivity contribution in [3.63, 3.8) is 0 Å². The van der Waals surface area contributed by atoms with Crippen LogP contribution >= 0.6 is 0 Å². The average molecular weight is 235 g/mol. The second-order valence-corrected chi connectivity index (χ2v) is 4.32. The maximum atomic E-state index is 11.5. The molecule has 0 aliphatic heterocycles. The number of pyridine rings is 1. The van der Waals surface area contributed by atoms with Gasteiger partial charge in [0.25, 0.3) is 0 Å². The van der Waals surface area contributed by atoms with Crippen LogP contribution < -0.4 is 10.6 Å². The van der Waals surface area contributed by atoms with Gasteiger partial charge < -0.3 is 15.4 Å². The average Bonchev–Trinajstić information content (AvgIpc) is 2.26. The summed E-state index contributed by atoms with van der Waals surface area (Å²) < 4.78 is 4.69. The lowest BCUT2D eigenvalue weighted by Crippen LogP contribution is -2.37. The third-order valence-electron chi connectivity index (χ3n) is 3.31. The van der Waals surface area contributed by atoms with Gasteiger partial charge >= 0.3 is 5.97 Å². The van der Waals surface area contributed by atoms with Crippen LogP contribution in [0.5, 0.6) is 0 Å². The number of rotatable bonds is 3. The number of carbonyl (C=O) groups is 1. The van der Waals surface area contributed by atoms with Crippen molar-refractivity contribution < 1.29 is 9.53 Å². The zero-order valence-electron chi connectivity index (χ0n) is 10.1. The molecule has 1 heterocycles. The van der Waals surface area contributed by atoms with E-state index in [2.05, 4.69) is 14.6 Å². The molecule has 92 valence electrons. The Bertz CT molecular complexity index is 430. The van der Waals surface area contributed by atoms with Crippen LogP contribution in [0, 0.1) is 0 Å². The molecule has 2 N–H and O–H groups in total. The summed E-state index contributed by atoms with van der Waals surface area (Å²) in [6.45, 7) is 0. The van der Waals surface area contributed by atoms with Crippen LogP contribution in [0.4, 0.5) is 11.5 Å². The number of anilines is 2. The third-order valence-corrected chi connectivity index (χ3v) is 3.31. The van der Waals surface area contributed by atoms with Gasteiger partial charge in [0.2, 0.25) is 0 Å². The first-order valence-electron chi connectivity index (χ1n) is 5.70. The Balaban J connectivity index is 2.26. The Hall–Kier alpha value is -1.78. The molecule has 0 amide bonds. The fourth-order valence-electron chi connectivity index (χ4n) is 1.90. The molecule has 1 aromatic rings. The zero-order chi connectivity index (χ0) is 12.4. The lowest BCUT2D eigenvalue weighted by atomic mass is 9.92. The van der Waals surface area contributed by atoms with Crippen molar-refractivity contribution in [3.05, 3.63) is 17.8 Å². The van der Waals surface area contributed by atoms with E-state index in [0.29, 0.717) is 17.3 Å². The van der Waals surface area contributed by atoms with Crippen molar-refractivity contribution in [2.75, 3.05) is 24.8 Å². The van der Waals surface area contributed by atoms with E-state index in [1.165, 1.54) is 32.6 Å². The van der Waals surface area contributed by atoms with E-state index in [-0.39, 0.29) is 0 Å². The SMILES string of the molecule is COC(=O)c1cc(N(C)C2CCC2)ncc1N. The summed E-state index contributed by atoms with van der Waals surface area (Å²) in [7, 11) is 3.33. The molecule has 1 fully saturated rings. The van der Waals surface area contributed by atoms with Crippen molar-refractivity contribution in [1.29, 1.82) is 0 Å². The van der Waals surface area contributed by atoms with Crippen molar-refractivity contribution in [2.24, 2.45) is 0 Å². The van der Waals surface area contributed by atoms with Crippen LogP contribution in [0.2, 0.25) is 0 Å². The van der Waals surface area contributed by atoms with Crippen LogP contribution in [-0.2, 0) is 4.74 Å². The predicted octanol–water partition coefficient (Wildman–Crippen LogP) is 1.44. The second-order valence-electron chi connectivity index (χ2n) is 4.32. The van der Waals surface area contributed by atoms with E-state index in [1.54, 1.807) is 6.07 Å². The predicted molar refractivity (Wildman–Crippen MR) is 66.0 cm³/mol. The standard InChI is InChI=1S/C12H17N3O2/c1-15(8-4-3-5-8)11-6-9(12(16)17-2)10(13)7-14-11/h6-8H,3-5,13H2,1-2H3. The number of hydrogen-bond acceptors (Lipinski definition) is 5. The molecule has 0 aromatic carbocycles. The summed E-state index contributed by atoms with van der Waals surface area (Å²) in [5, 5.41) is 0. The van der Waals surface area contributed by atoms with Crippen molar-refractivity contribution in [3.8, 4) is 0 Å². The van der Waals surface area contributed by atoms with Gasteiger partial charge in [-0.05, 0) is 25.3 Å². The van der Waals surface area contributed by atoms with E-state index >= 15 is 0 Å². The van der Waals surface area contributed by atoms with Crippen LogP contribution in [0.25, 0.3) is 0 Å². The van der Waals surface area contributed by atoms with Gasteiger partial charge in [-0.25, -0.2) is 9.78 Å². The highest BCUT2D eigenvalue weighted by Crippen LogP contribution is 2.28. The van der Waals surface area contributed by atoms with E-state index in [4.69, 9.17) is 5.73 Å². The Morgan fingerprint density at radius 3 is 2.82 bits per heavy atom. The molecule has 0 bridgehead atoms. The first-order chi connectivity index (χ1) is 8.13. The van der Waals surface area contributed by atoms with Gasteiger partial charge in [0.15, 0.2) is 0 Å². The van der Waals surface area contributed by atoms with Gasteiger partial charge in [-0.2, -0.15) is 0 Å². The zero-order valence-corrected chi connectivity index (χ0v) is 10.1. The minimum Gasteiger partial charge on any atom is -0.465 e. The monoisotopic (exact) mass is 235 g/mol. The molecule has 5 nitrogen and oxygen atoms in total. The van der Waals surface area contributed by atoms with Gasteiger partial charge in [-0.3, -0.25) is 0 Å². The van der Waals surface area contributed by atoms with Gasteiger partial charge in [0, 0.05) is 13.1 Å². The van der Waals surface area contributed by atoms with Crippen LogP contribution in [0.15, 0.2) is 12.3 Å². The number of carbonyl (C=O) groups excluding carboxylic acids is 1. The molecule has 0 radical (unpaired) electrons. The van der Waals surface area contributed by atoms with Crippen molar-refractivity contribution in [1.82, 2.24) is 4.98 Å². The normalized spacial score (nSPS) is 15.2. The third kappa shape index (κ3) is 2.18. The maximum absolute atomic E-state index is 11.5. The molecular formula is C12H17N3O2. The quantitative estimate of drug-likeness (QED) is 0.803. The molecule has 0 saturated heterocycles. The van der Waals surface area contributed by atoms with E-state index in [0.717, 1.165) is 5.82 Å². The molecule has 0 unspecified atom stereocenters. The number of esters is 1. The van der Waals surface area contributed by atoms with Crippen LogP contribution in [0.1, 0.15) is 29.6 Å². The highest BCUT2D eigenvalue weighted by Gasteiger charge is 2.24. The van der Waals surface area contributed by atoms with Crippen molar-refractivity contribution >= 4 is 17.5 Å². The fourth-order valence-corrected chi connectivity index (χ4v) is 1.90. The lowest BCUT2D eigenvalue weighted by molar-refractivity contribution is 0.0602. The number of nitrogens with zero attached hydrogens (tertiary/aromatic N) is 2. The van der Waals surface area contributed by atoms with Crippen molar-refractivity contribution in [2.45, 2.75) is 25.3 Å². The Morgan fingerprint density at radius 2 is 2.29 bits per heavy atom. The molecule has 0 atom stereocenters. The molecule has 1 aliphatic rings. The summed E-state index contributed by atoms with van der Waals surface area (Å²) in [6, 6.07) is 2.22. The summed E-state index contributed by atoms with van der Waals surface area (Å²) in [4.78, 5) is 17.9.